The van der Waals surface area contributed by atoms with E-state index in [0.717, 1.165) is 5.01 Å². The van der Waals surface area contributed by atoms with Crippen LogP contribution in [0.1, 0.15) is 17.8 Å². The van der Waals surface area contributed by atoms with Crippen LogP contribution in [0.3, 0.4) is 0 Å². The minimum atomic E-state index is -0.307. The molecule has 0 unspecified atom stereocenters. The number of aromatic nitrogens is 1. The number of anilines is 1. The highest BCUT2D eigenvalue weighted by Crippen LogP contribution is 2.32. The summed E-state index contributed by atoms with van der Waals surface area (Å²) in [7, 11) is 1.51. The Labute approximate surface area is 132 Å². The van der Waals surface area contributed by atoms with Gasteiger partial charge in [0.05, 0.1) is 22.8 Å². The predicted molar refractivity (Wildman–Crippen MR) is 85.6 cm³/mol. The smallest absolute Gasteiger partial charge is 0.319 e. The molecule has 1 heterocycles. The minimum Gasteiger partial charge on any atom is -0.493 e. The Morgan fingerprint density at radius 1 is 1.52 bits per heavy atom. The number of thiazole rings is 1. The minimum absolute atomic E-state index is 0.164. The highest BCUT2D eigenvalue weighted by molar-refractivity contribution is 7.09. The molecule has 0 saturated heterocycles. The predicted octanol–water partition coefficient (Wildman–Crippen LogP) is 3.73. The third-order valence-electron chi connectivity index (χ3n) is 2.86. The van der Waals surface area contributed by atoms with E-state index in [0.29, 0.717) is 23.0 Å². The maximum absolute atomic E-state index is 11.9. The van der Waals surface area contributed by atoms with Crippen molar-refractivity contribution >= 4 is 34.7 Å². The zero-order valence-corrected chi connectivity index (χ0v) is 13.3. The number of rotatable bonds is 5. The van der Waals surface area contributed by atoms with Crippen LogP contribution in [0.25, 0.3) is 0 Å². The molecule has 21 heavy (non-hydrogen) atoms. The Morgan fingerprint density at radius 3 is 3.00 bits per heavy atom. The molecule has 0 aliphatic carbocycles. The normalized spacial score (nSPS) is 11.8. The van der Waals surface area contributed by atoms with E-state index in [1.807, 2.05) is 12.3 Å². The molecule has 1 aromatic heterocycles. The van der Waals surface area contributed by atoms with E-state index in [1.54, 1.807) is 35.7 Å². The second-order valence-corrected chi connectivity index (χ2v) is 5.76. The lowest BCUT2D eigenvalue weighted by Crippen LogP contribution is -2.31. The highest BCUT2D eigenvalue weighted by atomic mass is 35.5. The molecule has 1 aromatic carbocycles. The number of methoxy groups -OCH3 is 1. The van der Waals surface area contributed by atoms with Gasteiger partial charge in [-0.3, -0.25) is 0 Å². The monoisotopic (exact) mass is 325 g/mol. The Balaban J connectivity index is 1.92. The first-order valence-electron chi connectivity index (χ1n) is 6.38. The molecule has 0 aliphatic heterocycles. The number of hydrogen-bond acceptors (Lipinski definition) is 4. The van der Waals surface area contributed by atoms with Gasteiger partial charge in [0.1, 0.15) is 0 Å². The topological polar surface area (TPSA) is 63.2 Å². The van der Waals surface area contributed by atoms with Crippen molar-refractivity contribution in [3.8, 4) is 5.75 Å². The Bertz CT molecular complexity index is 604. The van der Waals surface area contributed by atoms with Crippen LogP contribution in [0.5, 0.6) is 5.75 Å². The summed E-state index contributed by atoms with van der Waals surface area (Å²) < 4.78 is 5.18. The first-order chi connectivity index (χ1) is 10.1. The highest BCUT2D eigenvalue weighted by Gasteiger charge is 2.12. The maximum atomic E-state index is 11.9. The van der Waals surface area contributed by atoms with Crippen LogP contribution in [-0.2, 0) is 0 Å². The number of urea groups is 1. The lowest BCUT2D eigenvalue weighted by Gasteiger charge is -2.13. The molecule has 0 bridgehead atoms. The van der Waals surface area contributed by atoms with Crippen LogP contribution in [-0.4, -0.2) is 24.7 Å². The van der Waals surface area contributed by atoms with Crippen LogP contribution < -0.4 is 15.4 Å². The fourth-order valence-electron chi connectivity index (χ4n) is 1.79. The van der Waals surface area contributed by atoms with Crippen molar-refractivity contribution in [2.75, 3.05) is 19.0 Å². The molecular formula is C14H16ClN3O2S. The number of nitrogens with one attached hydrogen (secondary N) is 2. The van der Waals surface area contributed by atoms with Gasteiger partial charge in [-0.05, 0) is 12.1 Å². The second-order valence-electron chi connectivity index (χ2n) is 4.43. The molecule has 2 N–H and O–H groups in total. The second kappa shape index (κ2) is 7.28. The van der Waals surface area contributed by atoms with Gasteiger partial charge < -0.3 is 15.4 Å². The number of amides is 2. The number of para-hydroxylation sites is 1. The van der Waals surface area contributed by atoms with E-state index < -0.39 is 0 Å². The standard InChI is InChI=1S/C14H16ClN3O2S/c1-9(13-16-6-7-21-13)8-17-14(19)18-11-5-3-4-10(15)12(11)20-2/h3-7,9H,8H2,1-2H3,(H2,17,18,19)/t9-/m1/s1. The molecule has 0 saturated carbocycles. The molecule has 1 atom stereocenters. The van der Waals surface area contributed by atoms with Crippen molar-refractivity contribution in [2.24, 2.45) is 0 Å². The van der Waals surface area contributed by atoms with Gasteiger partial charge in [-0.15, -0.1) is 11.3 Å². The number of nitrogens with zero attached hydrogens (tertiary/aromatic N) is 1. The van der Waals surface area contributed by atoms with Gasteiger partial charge in [-0.2, -0.15) is 0 Å². The zero-order valence-electron chi connectivity index (χ0n) is 11.7. The van der Waals surface area contributed by atoms with E-state index >= 15 is 0 Å². The van der Waals surface area contributed by atoms with Gasteiger partial charge in [0, 0.05) is 24.0 Å². The van der Waals surface area contributed by atoms with Gasteiger partial charge in [0.2, 0.25) is 0 Å². The van der Waals surface area contributed by atoms with Gasteiger partial charge in [0.15, 0.2) is 5.75 Å². The number of carbonyl (C=O) groups is 1. The number of ether oxygens (including phenoxy) is 1. The fraction of sp³-hybridized carbons (Fsp3) is 0.286. The SMILES string of the molecule is COc1c(Cl)cccc1NC(=O)NC[C@@H](C)c1nccs1. The quantitative estimate of drug-likeness (QED) is 0.880. The first-order valence-corrected chi connectivity index (χ1v) is 7.64. The first kappa shape index (κ1) is 15.6. The molecule has 2 aromatic rings. The van der Waals surface area contributed by atoms with Crippen molar-refractivity contribution in [1.82, 2.24) is 10.3 Å². The molecule has 7 heteroatoms. The maximum Gasteiger partial charge on any atom is 0.319 e. The van der Waals surface area contributed by atoms with Crippen molar-refractivity contribution in [3.05, 3.63) is 39.8 Å². The summed E-state index contributed by atoms with van der Waals surface area (Å²) in [5.41, 5.74) is 0.532. The average molecular weight is 326 g/mol. The zero-order chi connectivity index (χ0) is 15.2. The summed E-state index contributed by atoms with van der Waals surface area (Å²) >= 11 is 7.58. The Kier molecular flexibility index (Phi) is 5.41. The molecule has 0 radical (unpaired) electrons. The summed E-state index contributed by atoms with van der Waals surface area (Å²) in [4.78, 5) is 16.2. The molecule has 5 nitrogen and oxygen atoms in total. The van der Waals surface area contributed by atoms with Gasteiger partial charge in [-0.25, -0.2) is 9.78 Å². The largest absolute Gasteiger partial charge is 0.493 e. The third-order valence-corrected chi connectivity index (χ3v) is 4.17. The van der Waals surface area contributed by atoms with Gasteiger partial charge in [-0.1, -0.05) is 24.6 Å². The van der Waals surface area contributed by atoms with Crippen LogP contribution in [0.4, 0.5) is 10.5 Å². The van der Waals surface area contributed by atoms with Gasteiger partial charge >= 0.3 is 6.03 Å². The summed E-state index contributed by atoms with van der Waals surface area (Å²) in [6.45, 7) is 2.52. The summed E-state index contributed by atoms with van der Waals surface area (Å²) in [5, 5.41) is 8.90. The molecule has 112 valence electrons. The summed E-state index contributed by atoms with van der Waals surface area (Å²) in [6.07, 6.45) is 1.76. The van der Waals surface area contributed by atoms with E-state index in [9.17, 15) is 4.79 Å². The number of halogens is 1. The molecule has 0 aliphatic rings. The van der Waals surface area contributed by atoms with E-state index in [4.69, 9.17) is 16.3 Å². The van der Waals surface area contributed by atoms with Crippen molar-refractivity contribution in [1.29, 1.82) is 0 Å². The van der Waals surface area contributed by atoms with E-state index in [-0.39, 0.29) is 11.9 Å². The molecular weight excluding hydrogens is 310 g/mol. The lowest BCUT2D eigenvalue weighted by atomic mass is 10.2. The van der Waals surface area contributed by atoms with Crippen molar-refractivity contribution < 1.29 is 9.53 Å². The summed E-state index contributed by atoms with van der Waals surface area (Å²) in [5.74, 6) is 0.610. The molecule has 0 fully saturated rings. The molecule has 2 rings (SSSR count). The fourth-order valence-corrected chi connectivity index (χ4v) is 2.74. The number of benzene rings is 1. The van der Waals surface area contributed by atoms with Crippen LogP contribution in [0, 0.1) is 0 Å². The van der Waals surface area contributed by atoms with Crippen LogP contribution in [0.15, 0.2) is 29.8 Å². The number of hydrogen-bond donors (Lipinski definition) is 2. The van der Waals surface area contributed by atoms with Crippen molar-refractivity contribution in [2.45, 2.75) is 12.8 Å². The molecule has 0 spiro atoms. The lowest BCUT2D eigenvalue weighted by molar-refractivity contribution is 0.251. The third kappa shape index (κ3) is 4.09. The van der Waals surface area contributed by atoms with E-state index in [2.05, 4.69) is 15.6 Å². The van der Waals surface area contributed by atoms with Gasteiger partial charge in [0.25, 0.3) is 0 Å². The van der Waals surface area contributed by atoms with Crippen LogP contribution in [0.2, 0.25) is 5.02 Å². The summed E-state index contributed by atoms with van der Waals surface area (Å²) in [6, 6.07) is 4.88. The van der Waals surface area contributed by atoms with Crippen LogP contribution >= 0.6 is 22.9 Å². The Morgan fingerprint density at radius 2 is 2.33 bits per heavy atom. The molecule has 2 amide bonds. The Hall–Kier alpha value is -1.79. The van der Waals surface area contributed by atoms with E-state index in [1.165, 1.54) is 7.11 Å². The number of carbonyl (C=O) groups excluding carboxylic acids is 1. The average Bonchev–Trinajstić information content (AvgIpc) is 2.99. The van der Waals surface area contributed by atoms with Crippen molar-refractivity contribution in [3.63, 3.8) is 0 Å².